The van der Waals surface area contributed by atoms with Crippen LogP contribution in [-0.2, 0) is 31.1 Å². The summed E-state index contributed by atoms with van der Waals surface area (Å²) in [7, 11) is -2.24. The van der Waals surface area contributed by atoms with Crippen molar-refractivity contribution in [2.45, 2.75) is 27.0 Å². The molecule has 0 aromatic heterocycles. The maximum atomic E-state index is 12.9. The normalized spacial score (nSPS) is 15.0. The van der Waals surface area contributed by atoms with Crippen LogP contribution in [0.4, 0.5) is 4.79 Å². The van der Waals surface area contributed by atoms with Gasteiger partial charge in [-0.05, 0) is 57.6 Å². The quantitative estimate of drug-likeness (QED) is 0.230. The number of nitrogens with two attached hydrogens (primary N) is 1. The molecule has 4 aromatic rings. The van der Waals surface area contributed by atoms with Crippen molar-refractivity contribution in [3.63, 3.8) is 0 Å². The lowest BCUT2D eigenvalue weighted by molar-refractivity contribution is -0.119. The van der Waals surface area contributed by atoms with Gasteiger partial charge in [-0.1, -0.05) is 72.8 Å². The van der Waals surface area contributed by atoms with Gasteiger partial charge < -0.3 is 15.8 Å². The van der Waals surface area contributed by atoms with Crippen molar-refractivity contribution in [3.05, 3.63) is 119 Å². The summed E-state index contributed by atoms with van der Waals surface area (Å²) in [4.78, 5) is 26.7. The Balaban J connectivity index is 1.28. The van der Waals surface area contributed by atoms with Crippen LogP contribution in [-0.4, -0.2) is 51.3 Å². The Hall–Kier alpha value is -3.73. The van der Waals surface area contributed by atoms with Crippen molar-refractivity contribution in [2.24, 2.45) is 5.73 Å². The number of amides is 2. The maximum Gasteiger partial charge on any atom is 0.407 e. The molecule has 43 heavy (non-hydrogen) atoms. The standard InChI is InChI=1S/C33H32N2O5S3/c1-42(38)23-15-11-21(12-16-23)31(22-13-17-24(18-14-22)43(2)39)41-20-30(32(34)36)35-33(37)40-19-29-27-9-5-3-7-25(27)26-8-4-6-10-28(26)29/h3-18,29-31H,19-20H2,1-2H3,(H2,34,36)(H,35,37)/t30-,31?,42?,43?/m0/s1. The number of primary amides is 1. The molecule has 222 valence electrons. The second-order valence-electron chi connectivity index (χ2n) is 10.2. The van der Waals surface area contributed by atoms with Crippen LogP contribution in [0.25, 0.3) is 11.1 Å². The van der Waals surface area contributed by atoms with Crippen LogP contribution in [0.5, 0.6) is 0 Å². The van der Waals surface area contributed by atoms with Crippen LogP contribution in [0.15, 0.2) is 107 Å². The number of alkyl carbamates (subject to hydrolysis) is 1. The first-order chi connectivity index (χ1) is 20.7. The monoisotopic (exact) mass is 632 g/mol. The van der Waals surface area contributed by atoms with Crippen molar-refractivity contribution < 1.29 is 22.7 Å². The highest BCUT2D eigenvalue weighted by Crippen LogP contribution is 2.44. The van der Waals surface area contributed by atoms with Gasteiger partial charge in [0.2, 0.25) is 5.91 Å². The molecule has 0 heterocycles. The van der Waals surface area contributed by atoms with Gasteiger partial charge in [0, 0.05) is 55.6 Å². The van der Waals surface area contributed by atoms with Crippen molar-refractivity contribution in [1.29, 1.82) is 0 Å². The highest BCUT2D eigenvalue weighted by molar-refractivity contribution is 7.99. The van der Waals surface area contributed by atoms with Crippen molar-refractivity contribution in [3.8, 4) is 11.1 Å². The number of benzene rings is 4. The number of ether oxygens (including phenoxy) is 1. The van der Waals surface area contributed by atoms with E-state index in [1.54, 1.807) is 12.5 Å². The average Bonchev–Trinajstić information content (AvgIpc) is 3.33. The van der Waals surface area contributed by atoms with E-state index in [0.717, 1.165) is 33.4 Å². The molecule has 0 bridgehead atoms. The molecular weight excluding hydrogens is 601 g/mol. The van der Waals surface area contributed by atoms with Crippen LogP contribution >= 0.6 is 11.8 Å². The molecule has 7 nitrogen and oxygen atoms in total. The summed E-state index contributed by atoms with van der Waals surface area (Å²) in [5.74, 6) is -0.592. The van der Waals surface area contributed by atoms with E-state index in [1.165, 1.54) is 11.8 Å². The Labute approximate surface area is 260 Å². The number of fused-ring (bicyclic) bond motifs is 3. The predicted molar refractivity (Wildman–Crippen MR) is 173 cm³/mol. The van der Waals surface area contributed by atoms with Gasteiger partial charge in [0.25, 0.3) is 0 Å². The van der Waals surface area contributed by atoms with Crippen LogP contribution in [0.3, 0.4) is 0 Å². The Morgan fingerprint density at radius 1 is 0.791 bits per heavy atom. The summed E-state index contributed by atoms with van der Waals surface area (Å²) >= 11 is 1.44. The highest BCUT2D eigenvalue weighted by atomic mass is 32.2. The number of hydrogen-bond acceptors (Lipinski definition) is 6. The molecule has 2 unspecified atom stereocenters. The minimum atomic E-state index is -1.12. The van der Waals surface area contributed by atoms with Gasteiger partial charge in [-0.2, -0.15) is 0 Å². The Morgan fingerprint density at radius 2 is 1.26 bits per heavy atom. The molecule has 5 rings (SSSR count). The summed E-state index contributed by atoms with van der Waals surface area (Å²) < 4.78 is 29.5. The number of nitrogens with one attached hydrogen (secondary N) is 1. The largest absolute Gasteiger partial charge is 0.449 e. The van der Waals surface area contributed by atoms with Gasteiger partial charge in [-0.3, -0.25) is 13.2 Å². The van der Waals surface area contributed by atoms with Crippen LogP contribution < -0.4 is 11.1 Å². The van der Waals surface area contributed by atoms with E-state index >= 15 is 0 Å². The van der Waals surface area contributed by atoms with E-state index in [4.69, 9.17) is 10.5 Å². The molecule has 0 spiro atoms. The lowest BCUT2D eigenvalue weighted by Crippen LogP contribution is -2.46. The fourth-order valence-electron chi connectivity index (χ4n) is 5.22. The smallest absolute Gasteiger partial charge is 0.407 e. The molecule has 1 aliphatic carbocycles. The van der Waals surface area contributed by atoms with E-state index in [0.29, 0.717) is 9.79 Å². The molecule has 0 saturated heterocycles. The van der Waals surface area contributed by atoms with Gasteiger partial charge in [-0.25, -0.2) is 4.79 Å². The summed E-state index contributed by atoms with van der Waals surface area (Å²) in [5.41, 5.74) is 12.0. The molecule has 2 amide bonds. The Bertz CT molecular complexity index is 1570. The number of hydrogen-bond donors (Lipinski definition) is 2. The summed E-state index contributed by atoms with van der Waals surface area (Å²) in [6.07, 6.45) is 2.53. The SMILES string of the molecule is CS(=O)c1ccc(C(SC[C@H](NC(=O)OCC2c3ccccc3-c3ccccc32)C(N)=O)c2ccc(S(C)=O)cc2)cc1. The third-order valence-electron chi connectivity index (χ3n) is 7.44. The molecular formula is C33H32N2O5S3. The van der Waals surface area contributed by atoms with E-state index in [2.05, 4.69) is 17.4 Å². The molecule has 0 fully saturated rings. The average molecular weight is 633 g/mol. The Kier molecular flexibility index (Phi) is 9.79. The van der Waals surface area contributed by atoms with E-state index in [-0.39, 0.29) is 23.5 Å². The lowest BCUT2D eigenvalue weighted by Gasteiger charge is -2.22. The fourth-order valence-corrected chi connectivity index (χ4v) is 7.59. The zero-order chi connectivity index (χ0) is 30.5. The van der Waals surface area contributed by atoms with Crippen molar-refractivity contribution in [1.82, 2.24) is 5.32 Å². The van der Waals surface area contributed by atoms with E-state index < -0.39 is 39.6 Å². The zero-order valence-corrected chi connectivity index (χ0v) is 26.2. The van der Waals surface area contributed by atoms with Gasteiger partial charge >= 0.3 is 6.09 Å². The number of carbonyl (C=O) groups excluding carboxylic acids is 2. The number of rotatable bonds is 11. The fraction of sp³-hybridized carbons (Fsp3) is 0.212. The van der Waals surface area contributed by atoms with Gasteiger partial charge in [0.05, 0.1) is 5.25 Å². The molecule has 0 aliphatic heterocycles. The molecule has 0 saturated carbocycles. The first-order valence-corrected chi connectivity index (χ1v) is 17.8. The molecule has 10 heteroatoms. The molecule has 3 atom stereocenters. The van der Waals surface area contributed by atoms with Crippen molar-refractivity contribution >= 4 is 45.4 Å². The molecule has 4 aromatic carbocycles. The highest BCUT2D eigenvalue weighted by Gasteiger charge is 2.30. The topological polar surface area (TPSA) is 116 Å². The molecule has 3 N–H and O–H groups in total. The Morgan fingerprint density at radius 3 is 1.70 bits per heavy atom. The minimum Gasteiger partial charge on any atom is -0.449 e. The second kappa shape index (κ2) is 13.7. The first kappa shape index (κ1) is 30.7. The predicted octanol–water partition coefficient (Wildman–Crippen LogP) is 5.38. The summed E-state index contributed by atoms with van der Waals surface area (Å²) in [6, 6.07) is 30.0. The maximum absolute atomic E-state index is 12.9. The first-order valence-electron chi connectivity index (χ1n) is 13.6. The number of thioether (sulfide) groups is 1. The van der Waals surface area contributed by atoms with Gasteiger partial charge in [0.1, 0.15) is 12.6 Å². The summed E-state index contributed by atoms with van der Waals surface area (Å²) in [5, 5.41) is 2.43. The van der Waals surface area contributed by atoms with Gasteiger partial charge in [-0.15, -0.1) is 11.8 Å². The molecule has 0 radical (unpaired) electrons. The minimum absolute atomic E-state index is 0.107. The van der Waals surface area contributed by atoms with Gasteiger partial charge in [0.15, 0.2) is 0 Å². The van der Waals surface area contributed by atoms with Crippen LogP contribution in [0.1, 0.15) is 33.4 Å². The van der Waals surface area contributed by atoms with Crippen LogP contribution in [0.2, 0.25) is 0 Å². The van der Waals surface area contributed by atoms with Crippen LogP contribution in [0, 0.1) is 0 Å². The third-order valence-corrected chi connectivity index (χ3v) is 10.7. The summed E-state index contributed by atoms with van der Waals surface area (Å²) in [6.45, 7) is 0.122. The zero-order valence-electron chi connectivity index (χ0n) is 23.7. The van der Waals surface area contributed by atoms with Crippen molar-refractivity contribution in [2.75, 3.05) is 24.9 Å². The molecule has 1 aliphatic rings. The van der Waals surface area contributed by atoms with E-state index in [1.807, 2.05) is 84.9 Å². The second-order valence-corrected chi connectivity index (χ2v) is 14.1. The lowest BCUT2D eigenvalue weighted by atomic mass is 9.98. The third kappa shape index (κ3) is 7.09. The van der Waals surface area contributed by atoms with E-state index in [9.17, 15) is 18.0 Å². The number of carbonyl (C=O) groups is 2.